The van der Waals surface area contributed by atoms with Crippen LogP contribution in [-0.4, -0.2) is 54.6 Å². The fourth-order valence-corrected chi connectivity index (χ4v) is 4.97. The smallest absolute Gasteiger partial charge is 0.295 e. The summed E-state index contributed by atoms with van der Waals surface area (Å²) in [6.07, 6.45) is 2.42. The summed E-state index contributed by atoms with van der Waals surface area (Å²) in [4.78, 5) is 31.6. The Labute approximate surface area is 220 Å². The van der Waals surface area contributed by atoms with Crippen LogP contribution in [0.25, 0.3) is 16.7 Å². The van der Waals surface area contributed by atoms with Crippen LogP contribution < -0.4 is 14.2 Å². The number of nitrogens with one attached hydrogen (secondary N) is 1. The van der Waals surface area contributed by atoms with Gasteiger partial charge >= 0.3 is 0 Å². The number of amides is 1. The van der Waals surface area contributed by atoms with E-state index in [0.717, 1.165) is 16.5 Å². The van der Waals surface area contributed by atoms with Gasteiger partial charge in [0.25, 0.3) is 11.7 Å². The summed E-state index contributed by atoms with van der Waals surface area (Å²) in [5, 5.41) is 12.4. The lowest BCUT2D eigenvalue weighted by Crippen LogP contribution is -2.31. The van der Waals surface area contributed by atoms with Gasteiger partial charge in [0.05, 0.1) is 32.9 Å². The van der Waals surface area contributed by atoms with Crippen molar-refractivity contribution in [1.29, 1.82) is 0 Å². The molecule has 1 saturated heterocycles. The molecule has 1 aliphatic rings. The molecule has 0 aliphatic carbocycles. The maximum atomic E-state index is 13.5. The third-order valence-electron chi connectivity index (χ3n) is 6.93. The van der Waals surface area contributed by atoms with Gasteiger partial charge in [-0.3, -0.25) is 9.59 Å². The van der Waals surface area contributed by atoms with Gasteiger partial charge in [-0.15, -0.1) is 0 Å². The number of carbonyl (C=O) groups is 2. The average molecular weight is 513 g/mol. The number of aliphatic hydroxyl groups is 1. The van der Waals surface area contributed by atoms with Crippen molar-refractivity contribution in [2.45, 2.75) is 12.5 Å². The molecule has 0 spiro atoms. The summed E-state index contributed by atoms with van der Waals surface area (Å²) in [5.41, 5.74) is 2.95. The number of Topliss-reactive ketones (excluding diaryl/α,β-unsaturated/α-hetero) is 1. The van der Waals surface area contributed by atoms with E-state index in [1.165, 1.54) is 19.1 Å². The number of ketones is 1. The van der Waals surface area contributed by atoms with Gasteiger partial charge in [0, 0.05) is 34.8 Å². The van der Waals surface area contributed by atoms with Gasteiger partial charge in [-0.25, -0.2) is 0 Å². The van der Waals surface area contributed by atoms with Crippen LogP contribution >= 0.6 is 0 Å². The van der Waals surface area contributed by atoms with Gasteiger partial charge in [-0.2, -0.15) is 0 Å². The maximum absolute atomic E-state index is 13.5. The third-order valence-corrected chi connectivity index (χ3v) is 6.93. The van der Waals surface area contributed by atoms with E-state index in [9.17, 15) is 14.7 Å². The summed E-state index contributed by atoms with van der Waals surface area (Å²) < 4.78 is 16.3. The third kappa shape index (κ3) is 4.34. The summed E-state index contributed by atoms with van der Waals surface area (Å²) >= 11 is 0. The molecule has 194 valence electrons. The first-order valence-electron chi connectivity index (χ1n) is 12.2. The van der Waals surface area contributed by atoms with Crippen LogP contribution in [0.2, 0.25) is 0 Å². The van der Waals surface area contributed by atoms with Crippen LogP contribution in [-0.2, 0) is 16.0 Å². The zero-order valence-electron chi connectivity index (χ0n) is 21.4. The molecule has 1 aliphatic heterocycles. The highest BCUT2D eigenvalue weighted by Gasteiger charge is 2.47. The van der Waals surface area contributed by atoms with Crippen molar-refractivity contribution >= 4 is 28.4 Å². The van der Waals surface area contributed by atoms with Gasteiger partial charge in [-0.05, 0) is 60.5 Å². The van der Waals surface area contributed by atoms with Gasteiger partial charge < -0.3 is 29.2 Å². The van der Waals surface area contributed by atoms with Gasteiger partial charge in [0.1, 0.15) is 23.0 Å². The summed E-state index contributed by atoms with van der Waals surface area (Å²) in [5.74, 6) is -0.105. The molecule has 1 atom stereocenters. The Hall–Kier alpha value is -4.72. The first kappa shape index (κ1) is 25.0. The zero-order chi connectivity index (χ0) is 26.8. The molecule has 0 bridgehead atoms. The number of H-pyrrole nitrogens is 1. The highest BCUT2D eigenvalue weighted by atomic mass is 16.5. The second-order valence-electron chi connectivity index (χ2n) is 8.94. The number of hydrogen-bond donors (Lipinski definition) is 2. The Morgan fingerprint density at radius 1 is 0.921 bits per heavy atom. The number of nitrogens with zero attached hydrogens (tertiary/aromatic N) is 1. The SMILES string of the molecule is COc1ccc(/C(O)=C2\C(=O)C(=O)N(CCc3c[nH]c4ccccc34)C2c2cc(OC)ccc2OC)cc1. The van der Waals surface area contributed by atoms with Crippen LogP contribution in [0.5, 0.6) is 17.2 Å². The van der Waals surface area contributed by atoms with Gasteiger partial charge in [0.15, 0.2) is 0 Å². The summed E-state index contributed by atoms with van der Waals surface area (Å²) in [6, 6.07) is 18.9. The lowest BCUT2D eigenvalue weighted by molar-refractivity contribution is -0.139. The monoisotopic (exact) mass is 512 g/mol. The molecule has 0 radical (unpaired) electrons. The molecular weight excluding hydrogens is 484 g/mol. The Kier molecular flexibility index (Phi) is 6.79. The first-order chi connectivity index (χ1) is 18.5. The van der Waals surface area contributed by atoms with E-state index in [0.29, 0.717) is 34.8 Å². The van der Waals surface area contributed by atoms with E-state index in [1.54, 1.807) is 49.6 Å². The Bertz CT molecular complexity index is 1540. The molecule has 1 aromatic heterocycles. The molecule has 5 rings (SSSR count). The van der Waals surface area contributed by atoms with Crippen LogP contribution in [0, 0.1) is 0 Å². The van der Waals surface area contributed by atoms with E-state index in [1.807, 2.05) is 30.5 Å². The van der Waals surface area contributed by atoms with Crippen LogP contribution in [0.3, 0.4) is 0 Å². The molecule has 2 N–H and O–H groups in total. The standard InChI is InChI=1S/C30H28N2O6/c1-36-20-10-8-18(9-11-20)28(33)26-27(23-16-21(37-2)12-13-25(23)38-3)32(30(35)29(26)34)15-14-19-17-31-24-7-5-4-6-22(19)24/h4-13,16-17,27,31,33H,14-15H2,1-3H3/b28-26+. The maximum Gasteiger partial charge on any atom is 0.295 e. The molecule has 1 amide bonds. The van der Waals surface area contributed by atoms with Crippen molar-refractivity contribution in [3.05, 3.63) is 95.2 Å². The number of aromatic nitrogens is 1. The fourth-order valence-electron chi connectivity index (χ4n) is 4.97. The fraction of sp³-hybridized carbons (Fsp3) is 0.200. The Morgan fingerprint density at radius 2 is 1.63 bits per heavy atom. The number of fused-ring (bicyclic) bond motifs is 1. The first-order valence-corrected chi connectivity index (χ1v) is 12.2. The van der Waals surface area contributed by atoms with E-state index >= 15 is 0 Å². The number of ether oxygens (including phenoxy) is 3. The predicted octanol–water partition coefficient (Wildman–Crippen LogP) is 4.86. The molecule has 8 nitrogen and oxygen atoms in total. The Balaban J connectivity index is 1.62. The van der Waals surface area contributed by atoms with Gasteiger partial charge in [0.2, 0.25) is 0 Å². The van der Waals surface area contributed by atoms with E-state index in [4.69, 9.17) is 14.2 Å². The number of para-hydroxylation sites is 1. The average Bonchev–Trinajstić information content (AvgIpc) is 3.49. The predicted molar refractivity (Wildman–Crippen MR) is 144 cm³/mol. The second kappa shape index (κ2) is 10.3. The van der Waals surface area contributed by atoms with Crippen molar-refractivity contribution in [2.24, 2.45) is 0 Å². The normalized spacial score (nSPS) is 16.7. The second-order valence-corrected chi connectivity index (χ2v) is 8.94. The minimum Gasteiger partial charge on any atom is -0.507 e. The molecule has 2 heterocycles. The minimum absolute atomic E-state index is 0.00866. The number of aromatic amines is 1. The van der Waals surface area contributed by atoms with E-state index in [-0.39, 0.29) is 17.9 Å². The molecule has 3 aromatic carbocycles. The van der Waals surface area contributed by atoms with Crippen LogP contribution in [0.1, 0.15) is 22.7 Å². The van der Waals surface area contributed by atoms with Crippen LogP contribution in [0.15, 0.2) is 78.5 Å². The van der Waals surface area contributed by atoms with Crippen molar-refractivity contribution in [3.8, 4) is 17.2 Å². The summed E-state index contributed by atoms with van der Waals surface area (Å²) in [7, 11) is 4.60. The molecular formula is C30H28N2O6. The molecule has 4 aromatic rings. The highest BCUT2D eigenvalue weighted by Crippen LogP contribution is 2.44. The highest BCUT2D eigenvalue weighted by molar-refractivity contribution is 6.46. The van der Waals surface area contributed by atoms with Crippen LogP contribution in [0.4, 0.5) is 0 Å². The van der Waals surface area contributed by atoms with E-state index < -0.39 is 17.7 Å². The van der Waals surface area contributed by atoms with Crippen molar-refractivity contribution in [1.82, 2.24) is 9.88 Å². The van der Waals surface area contributed by atoms with Crippen molar-refractivity contribution in [2.75, 3.05) is 27.9 Å². The van der Waals surface area contributed by atoms with Gasteiger partial charge in [-0.1, -0.05) is 18.2 Å². The number of rotatable bonds is 8. The number of hydrogen-bond acceptors (Lipinski definition) is 6. The number of likely N-dealkylation sites (tertiary alicyclic amines) is 1. The molecule has 38 heavy (non-hydrogen) atoms. The van der Waals surface area contributed by atoms with Crippen molar-refractivity contribution < 1.29 is 28.9 Å². The van der Waals surface area contributed by atoms with Crippen molar-refractivity contribution in [3.63, 3.8) is 0 Å². The summed E-state index contributed by atoms with van der Waals surface area (Å²) in [6.45, 7) is 0.247. The lowest BCUT2D eigenvalue weighted by Gasteiger charge is -2.27. The minimum atomic E-state index is -0.882. The number of carbonyl (C=O) groups excluding carboxylic acids is 2. The quantitative estimate of drug-likeness (QED) is 0.199. The lowest BCUT2D eigenvalue weighted by atomic mass is 9.94. The van der Waals surface area contributed by atoms with E-state index in [2.05, 4.69) is 4.98 Å². The zero-order valence-corrected chi connectivity index (χ0v) is 21.4. The largest absolute Gasteiger partial charge is 0.507 e. The molecule has 1 fully saturated rings. The topological polar surface area (TPSA) is 101 Å². The Morgan fingerprint density at radius 3 is 2.34 bits per heavy atom. The number of benzene rings is 3. The number of methoxy groups -OCH3 is 3. The number of aliphatic hydroxyl groups excluding tert-OH is 1. The molecule has 8 heteroatoms. The molecule has 1 unspecified atom stereocenters. The molecule has 0 saturated carbocycles.